The van der Waals surface area contributed by atoms with Crippen molar-refractivity contribution in [2.45, 2.75) is 56.0 Å². The number of ketones is 1. The van der Waals surface area contributed by atoms with E-state index in [1.54, 1.807) is 6.07 Å². The van der Waals surface area contributed by atoms with E-state index in [-0.39, 0.29) is 5.56 Å². The molecule has 1 fully saturated rings. The average Bonchev–Trinajstić information content (AvgIpc) is 3.54. The van der Waals surface area contributed by atoms with E-state index in [4.69, 9.17) is 21.4 Å². The average molecular weight is 463 g/mol. The van der Waals surface area contributed by atoms with Gasteiger partial charge in [0, 0.05) is 17.5 Å². The zero-order valence-corrected chi connectivity index (χ0v) is 18.2. The van der Waals surface area contributed by atoms with Crippen molar-refractivity contribution in [3.8, 4) is 5.75 Å². The fourth-order valence-electron chi connectivity index (χ4n) is 4.11. The summed E-state index contributed by atoms with van der Waals surface area (Å²) in [6.45, 7) is -0.494. The summed E-state index contributed by atoms with van der Waals surface area (Å²) in [7, 11) is 0. The van der Waals surface area contributed by atoms with Crippen molar-refractivity contribution in [3.05, 3.63) is 63.2 Å². The van der Waals surface area contributed by atoms with Gasteiger partial charge in [0.1, 0.15) is 30.2 Å². The monoisotopic (exact) mass is 462 g/mol. The van der Waals surface area contributed by atoms with Crippen LogP contribution in [0.25, 0.3) is 0 Å². The molecule has 1 unspecified atom stereocenters. The molecule has 1 aliphatic heterocycles. The SMILES string of the molecule is O=C(c1cc(Cc2ccc(C3CC3)cc2)c(Cl)c2c1CCO2)[C@H](O)[C@@H](O)C(O)[C@H](O)CO. The van der Waals surface area contributed by atoms with Gasteiger partial charge in [0.05, 0.1) is 18.2 Å². The molecular weight excluding hydrogens is 436 g/mol. The van der Waals surface area contributed by atoms with Crippen molar-refractivity contribution in [1.29, 1.82) is 0 Å². The number of carbonyl (C=O) groups is 1. The van der Waals surface area contributed by atoms with Gasteiger partial charge in [-0.2, -0.15) is 0 Å². The number of rotatable bonds is 9. The van der Waals surface area contributed by atoms with Crippen LogP contribution in [0.2, 0.25) is 5.02 Å². The van der Waals surface area contributed by atoms with Crippen LogP contribution in [-0.2, 0) is 12.8 Å². The molecule has 172 valence electrons. The van der Waals surface area contributed by atoms with Crippen LogP contribution in [0.4, 0.5) is 0 Å². The molecule has 4 rings (SSSR count). The third-order valence-electron chi connectivity index (χ3n) is 6.21. The van der Waals surface area contributed by atoms with Crippen molar-refractivity contribution in [3.63, 3.8) is 0 Å². The van der Waals surface area contributed by atoms with Crippen LogP contribution in [0.15, 0.2) is 30.3 Å². The van der Waals surface area contributed by atoms with Crippen molar-refractivity contribution in [2.24, 2.45) is 0 Å². The van der Waals surface area contributed by atoms with Gasteiger partial charge >= 0.3 is 0 Å². The summed E-state index contributed by atoms with van der Waals surface area (Å²) in [5.74, 6) is 0.225. The first kappa shape index (κ1) is 23.2. The Hall–Kier alpha value is -2.00. The fourth-order valence-corrected chi connectivity index (χ4v) is 4.40. The molecule has 0 radical (unpaired) electrons. The van der Waals surface area contributed by atoms with Gasteiger partial charge in [0.15, 0.2) is 5.78 Å². The second-order valence-electron chi connectivity index (χ2n) is 8.54. The Balaban J connectivity index is 1.62. The van der Waals surface area contributed by atoms with E-state index in [1.165, 1.54) is 18.4 Å². The molecule has 2 aromatic carbocycles. The minimum atomic E-state index is -2.00. The smallest absolute Gasteiger partial charge is 0.194 e. The van der Waals surface area contributed by atoms with E-state index in [9.17, 15) is 25.2 Å². The molecule has 5 N–H and O–H groups in total. The largest absolute Gasteiger partial charge is 0.491 e. The van der Waals surface area contributed by atoms with Crippen LogP contribution in [0.5, 0.6) is 5.75 Å². The normalized spacial score (nSPS) is 19.1. The maximum absolute atomic E-state index is 13.0. The molecule has 0 saturated heterocycles. The first-order valence-electron chi connectivity index (χ1n) is 10.7. The summed E-state index contributed by atoms with van der Waals surface area (Å²) in [5, 5.41) is 49.3. The molecule has 1 saturated carbocycles. The molecule has 4 atom stereocenters. The lowest BCUT2D eigenvalue weighted by molar-refractivity contribution is -0.105. The third kappa shape index (κ3) is 4.55. The highest BCUT2D eigenvalue weighted by molar-refractivity contribution is 6.33. The molecule has 32 heavy (non-hydrogen) atoms. The number of ether oxygens (including phenoxy) is 1. The molecule has 0 aromatic heterocycles. The standard InChI is InChI=1S/C24H27ClO7/c25-19-15(9-12-1-3-13(4-2-12)14-5-6-14)10-17(16-7-8-32-24(16)19)20(28)22(30)23(31)21(29)18(27)11-26/h1-4,10,14,18,21-23,26-27,29-31H,5-9,11H2/t18-,21?,22+,23+/m1/s1. The van der Waals surface area contributed by atoms with Gasteiger partial charge in [0.25, 0.3) is 0 Å². The van der Waals surface area contributed by atoms with E-state index < -0.39 is 36.8 Å². The van der Waals surface area contributed by atoms with E-state index in [1.807, 2.05) is 12.1 Å². The summed E-state index contributed by atoms with van der Waals surface area (Å²) in [4.78, 5) is 13.0. The second kappa shape index (κ2) is 9.47. The first-order chi connectivity index (χ1) is 15.3. The number of aliphatic hydroxyl groups is 5. The Bertz CT molecular complexity index is 987. The quantitative estimate of drug-likeness (QED) is 0.356. The van der Waals surface area contributed by atoms with Gasteiger partial charge in [0.2, 0.25) is 0 Å². The minimum absolute atomic E-state index is 0.156. The Morgan fingerprint density at radius 3 is 2.41 bits per heavy atom. The van der Waals surface area contributed by atoms with Crippen molar-refractivity contribution < 1.29 is 35.1 Å². The lowest BCUT2D eigenvalue weighted by atomic mass is 9.90. The number of Topliss-reactive ketones (excluding diaryl/α,β-unsaturated/α-hetero) is 1. The third-order valence-corrected chi connectivity index (χ3v) is 6.62. The van der Waals surface area contributed by atoms with Crippen molar-refractivity contribution >= 4 is 17.4 Å². The number of halogens is 1. The number of carbonyl (C=O) groups excluding carboxylic acids is 1. The number of benzene rings is 2. The zero-order chi connectivity index (χ0) is 23.0. The Morgan fingerprint density at radius 1 is 1.09 bits per heavy atom. The van der Waals surface area contributed by atoms with E-state index in [2.05, 4.69) is 12.1 Å². The molecule has 1 heterocycles. The number of fused-ring (bicyclic) bond motifs is 1. The van der Waals surface area contributed by atoms with Crippen LogP contribution in [0, 0.1) is 0 Å². The van der Waals surface area contributed by atoms with E-state index in [0.29, 0.717) is 47.3 Å². The Kier molecular flexibility index (Phi) is 6.86. The van der Waals surface area contributed by atoms with Crippen molar-refractivity contribution in [2.75, 3.05) is 13.2 Å². The summed E-state index contributed by atoms with van der Waals surface area (Å²) in [6, 6.07) is 9.86. The number of hydrogen-bond acceptors (Lipinski definition) is 7. The molecular formula is C24H27ClO7. The first-order valence-corrected chi connectivity index (χ1v) is 11.1. The van der Waals surface area contributed by atoms with Crippen LogP contribution in [-0.4, -0.2) is 68.9 Å². The topological polar surface area (TPSA) is 127 Å². The van der Waals surface area contributed by atoms with Gasteiger partial charge < -0.3 is 30.3 Å². The summed E-state index contributed by atoms with van der Waals surface area (Å²) in [5.41, 5.74) is 3.66. The predicted molar refractivity (Wildman–Crippen MR) is 117 cm³/mol. The highest BCUT2D eigenvalue weighted by atomic mass is 35.5. The molecule has 2 aromatic rings. The van der Waals surface area contributed by atoms with Crippen LogP contribution >= 0.6 is 11.6 Å². The van der Waals surface area contributed by atoms with Crippen LogP contribution in [0.1, 0.15) is 51.4 Å². The minimum Gasteiger partial charge on any atom is -0.491 e. The molecule has 1 aliphatic carbocycles. The summed E-state index contributed by atoms with van der Waals surface area (Å²) < 4.78 is 5.65. The molecule has 0 amide bonds. The summed E-state index contributed by atoms with van der Waals surface area (Å²) >= 11 is 6.58. The van der Waals surface area contributed by atoms with Gasteiger partial charge in [-0.25, -0.2) is 0 Å². The Morgan fingerprint density at radius 2 is 1.78 bits per heavy atom. The predicted octanol–water partition coefficient (Wildman–Crippen LogP) is 1.36. The maximum Gasteiger partial charge on any atom is 0.194 e. The lowest BCUT2D eigenvalue weighted by Crippen LogP contribution is -2.48. The molecule has 8 heteroatoms. The molecule has 7 nitrogen and oxygen atoms in total. The molecule has 0 bridgehead atoms. The van der Waals surface area contributed by atoms with Gasteiger partial charge in [-0.1, -0.05) is 35.9 Å². The van der Waals surface area contributed by atoms with Gasteiger partial charge in [-0.15, -0.1) is 0 Å². The maximum atomic E-state index is 13.0. The van der Waals surface area contributed by atoms with E-state index in [0.717, 1.165) is 5.56 Å². The summed E-state index contributed by atoms with van der Waals surface area (Å²) in [6.07, 6.45) is -4.25. The van der Waals surface area contributed by atoms with Crippen LogP contribution < -0.4 is 4.74 Å². The van der Waals surface area contributed by atoms with Crippen LogP contribution in [0.3, 0.4) is 0 Å². The van der Waals surface area contributed by atoms with E-state index >= 15 is 0 Å². The lowest BCUT2D eigenvalue weighted by Gasteiger charge is -2.25. The van der Waals surface area contributed by atoms with Gasteiger partial charge in [-0.3, -0.25) is 4.79 Å². The van der Waals surface area contributed by atoms with Crippen molar-refractivity contribution in [1.82, 2.24) is 0 Å². The second-order valence-corrected chi connectivity index (χ2v) is 8.91. The number of aliphatic hydroxyl groups excluding tert-OH is 5. The number of hydrogen-bond donors (Lipinski definition) is 5. The zero-order valence-electron chi connectivity index (χ0n) is 17.4. The fraction of sp³-hybridized carbons (Fsp3) is 0.458. The highest BCUT2D eigenvalue weighted by Gasteiger charge is 2.37. The Labute approximate surface area is 190 Å². The molecule has 0 spiro atoms. The highest BCUT2D eigenvalue weighted by Crippen LogP contribution is 2.41. The molecule has 2 aliphatic rings. The van der Waals surface area contributed by atoms with Gasteiger partial charge in [-0.05, 0) is 47.9 Å².